The van der Waals surface area contributed by atoms with Crippen molar-refractivity contribution < 1.29 is 12.7 Å². The summed E-state index contributed by atoms with van der Waals surface area (Å²) in [6.45, 7) is 7.71. The second-order valence-corrected chi connectivity index (χ2v) is 7.14. The molecule has 0 aliphatic rings. The van der Waals surface area contributed by atoms with Gasteiger partial charge in [-0.05, 0) is 57.2 Å². The van der Waals surface area contributed by atoms with Crippen molar-refractivity contribution in [3.05, 3.63) is 59.7 Å². The SMILES string of the molecule is CCN(CC)c1ccc(C(C#N)=NOS(=O)(=O)c2ccc(C)cc2)cc1. The van der Waals surface area contributed by atoms with E-state index in [1.165, 1.54) is 12.1 Å². The molecule has 26 heavy (non-hydrogen) atoms. The van der Waals surface area contributed by atoms with Crippen molar-refractivity contribution in [1.82, 2.24) is 0 Å². The van der Waals surface area contributed by atoms with Gasteiger partial charge in [0.15, 0.2) is 5.71 Å². The van der Waals surface area contributed by atoms with Crippen LogP contribution < -0.4 is 4.90 Å². The molecule has 2 rings (SSSR count). The smallest absolute Gasteiger partial charge is 0.358 e. The largest absolute Gasteiger partial charge is 0.372 e. The Labute approximate surface area is 154 Å². The molecule has 0 N–H and O–H groups in total. The summed E-state index contributed by atoms with van der Waals surface area (Å²) in [5.74, 6) is 0. The Morgan fingerprint density at radius 1 is 1.08 bits per heavy atom. The van der Waals surface area contributed by atoms with Crippen molar-refractivity contribution in [2.45, 2.75) is 25.7 Å². The highest BCUT2D eigenvalue weighted by atomic mass is 32.2. The van der Waals surface area contributed by atoms with E-state index < -0.39 is 10.1 Å². The third kappa shape index (κ3) is 4.61. The molecule has 0 spiro atoms. The Balaban J connectivity index is 2.22. The van der Waals surface area contributed by atoms with Gasteiger partial charge in [-0.15, -0.1) is 0 Å². The normalized spacial score (nSPS) is 11.7. The van der Waals surface area contributed by atoms with Gasteiger partial charge in [0, 0.05) is 24.3 Å². The van der Waals surface area contributed by atoms with E-state index in [1.807, 2.05) is 25.1 Å². The summed E-state index contributed by atoms with van der Waals surface area (Å²) in [6, 6.07) is 15.2. The zero-order valence-electron chi connectivity index (χ0n) is 15.0. The Morgan fingerprint density at radius 3 is 2.15 bits per heavy atom. The van der Waals surface area contributed by atoms with Crippen LogP contribution in [0.15, 0.2) is 58.6 Å². The van der Waals surface area contributed by atoms with E-state index in [0.717, 1.165) is 24.3 Å². The fraction of sp³-hybridized carbons (Fsp3) is 0.263. The maximum absolute atomic E-state index is 12.2. The number of aryl methyl sites for hydroxylation is 1. The molecule has 2 aromatic carbocycles. The molecule has 0 heterocycles. The van der Waals surface area contributed by atoms with Gasteiger partial charge in [-0.25, -0.2) is 0 Å². The van der Waals surface area contributed by atoms with Gasteiger partial charge in [0.2, 0.25) is 0 Å². The van der Waals surface area contributed by atoms with Crippen LogP contribution in [0.5, 0.6) is 0 Å². The first kappa shape index (κ1) is 19.5. The number of hydrogen-bond acceptors (Lipinski definition) is 6. The Morgan fingerprint density at radius 2 is 1.65 bits per heavy atom. The zero-order chi connectivity index (χ0) is 19.2. The van der Waals surface area contributed by atoms with Gasteiger partial charge in [-0.3, -0.25) is 4.28 Å². The van der Waals surface area contributed by atoms with E-state index in [-0.39, 0.29) is 10.6 Å². The number of rotatable bonds is 7. The third-order valence-corrected chi connectivity index (χ3v) is 5.03. The highest BCUT2D eigenvalue weighted by Gasteiger charge is 2.16. The minimum absolute atomic E-state index is 0.0129. The molecule has 136 valence electrons. The highest BCUT2D eigenvalue weighted by molar-refractivity contribution is 7.86. The lowest BCUT2D eigenvalue weighted by Gasteiger charge is -2.20. The molecule has 0 aliphatic heterocycles. The van der Waals surface area contributed by atoms with Crippen LogP contribution in [0.3, 0.4) is 0 Å². The van der Waals surface area contributed by atoms with Crippen LogP contribution in [0, 0.1) is 18.3 Å². The van der Waals surface area contributed by atoms with Crippen LogP contribution in [0.4, 0.5) is 5.69 Å². The molecular weight excluding hydrogens is 350 g/mol. The predicted molar refractivity (Wildman–Crippen MR) is 102 cm³/mol. The maximum Gasteiger partial charge on any atom is 0.358 e. The van der Waals surface area contributed by atoms with Crippen molar-refractivity contribution in [1.29, 1.82) is 5.26 Å². The lowest BCUT2D eigenvalue weighted by molar-refractivity contribution is 0.339. The number of anilines is 1. The number of oxime groups is 1. The molecule has 0 saturated heterocycles. The first-order chi connectivity index (χ1) is 12.4. The van der Waals surface area contributed by atoms with Gasteiger partial charge in [0.05, 0.1) is 0 Å². The molecular formula is C19H21N3O3S. The fourth-order valence-electron chi connectivity index (χ4n) is 2.39. The molecule has 0 aliphatic carbocycles. The van der Waals surface area contributed by atoms with Gasteiger partial charge < -0.3 is 4.90 Å². The summed E-state index contributed by atoms with van der Waals surface area (Å²) < 4.78 is 29.1. The molecule has 7 heteroatoms. The van der Waals surface area contributed by atoms with Gasteiger partial charge in [0.25, 0.3) is 0 Å². The van der Waals surface area contributed by atoms with E-state index in [1.54, 1.807) is 24.3 Å². The van der Waals surface area contributed by atoms with Crippen LogP contribution >= 0.6 is 0 Å². The lowest BCUT2D eigenvalue weighted by atomic mass is 10.1. The van der Waals surface area contributed by atoms with Gasteiger partial charge in [-0.1, -0.05) is 22.9 Å². The minimum Gasteiger partial charge on any atom is -0.372 e. The standard InChI is InChI=1S/C19H21N3O3S/c1-4-22(5-2)17-10-8-16(9-11-17)19(14-20)21-25-26(23,24)18-12-6-15(3)7-13-18/h6-13H,4-5H2,1-3H3. The molecule has 2 aromatic rings. The van der Waals surface area contributed by atoms with Crippen molar-refractivity contribution >= 4 is 21.5 Å². The number of nitriles is 1. The zero-order valence-corrected chi connectivity index (χ0v) is 15.8. The second-order valence-electron chi connectivity index (χ2n) is 5.61. The molecule has 0 atom stereocenters. The molecule has 0 bridgehead atoms. The molecule has 0 radical (unpaired) electrons. The average molecular weight is 371 g/mol. The summed E-state index contributed by atoms with van der Waals surface area (Å²) in [5.41, 5.74) is 2.33. The summed E-state index contributed by atoms with van der Waals surface area (Å²) in [5, 5.41) is 12.8. The predicted octanol–water partition coefficient (Wildman–Crippen LogP) is 3.47. The van der Waals surface area contributed by atoms with Gasteiger partial charge in [0.1, 0.15) is 11.0 Å². The molecule has 0 unspecified atom stereocenters. The van der Waals surface area contributed by atoms with Crippen LogP contribution in [0.25, 0.3) is 0 Å². The van der Waals surface area contributed by atoms with Gasteiger partial charge in [-0.2, -0.15) is 13.7 Å². The molecule has 0 fully saturated rings. The number of nitrogens with zero attached hydrogens (tertiary/aromatic N) is 3. The van der Waals surface area contributed by atoms with E-state index in [2.05, 4.69) is 23.9 Å². The Hall–Kier alpha value is -2.85. The number of benzene rings is 2. The van der Waals surface area contributed by atoms with Gasteiger partial charge >= 0.3 is 10.1 Å². The lowest BCUT2D eigenvalue weighted by Crippen LogP contribution is -2.21. The van der Waals surface area contributed by atoms with Crippen molar-refractivity contribution in [2.75, 3.05) is 18.0 Å². The maximum atomic E-state index is 12.2. The van der Waals surface area contributed by atoms with Crippen molar-refractivity contribution in [3.8, 4) is 6.07 Å². The first-order valence-electron chi connectivity index (χ1n) is 8.25. The minimum atomic E-state index is -4.07. The first-order valence-corrected chi connectivity index (χ1v) is 9.66. The topological polar surface area (TPSA) is 82.8 Å². The van der Waals surface area contributed by atoms with E-state index in [4.69, 9.17) is 4.28 Å². The summed E-state index contributed by atoms with van der Waals surface area (Å²) in [6.07, 6.45) is 0. The Bertz CT molecular complexity index is 908. The monoisotopic (exact) mass is 371 g/mol. The molecule has 0 amide bonds. The van der Waals surface area contributed by atoms with Crippen LogP contribution in [0.1, 0.15) is 25.0 Å². The van der Waals surface area contributed by atoms with Crippen LogP contribution in [0.2, 0.25) is 0 Å². The van der Waals surface area contributed by atoms with E-state index in [9.17, 15) is 13.7 Å². The van der Waals surface area contributed by atoms with Crippen LogP contribution in [-0.4, -0.2) is 27.2 Å². The molecule has 0 aromatic heterocycles. The summed E-state index contributed by atoms with van der Waals surface area (Å²) in [4.78, 5) is 2.15. The summed E-state index contributed by atoms with van der Waals surface area (Å²) >= 11 is 0. The molecule has 6 nitrogen and oxygen atoms in total. The average Bonchev–Trinajstić information content (AvgIpc) is 2.64. The van der Waals surface area contributed by atoms with E-state index >= 15 is 0 Å². The molecule has 0 saturated carbocycles. The van der Waals surface area contributed by atoms with Crippen LogP contribution in [-0.2, 0) is 14.4 Å². The third-order valence-electron chi connectivity index (χ3n) is 3.91. The number of hydrogen-bond donors (Lipinski definition) is 0. The van der Waals surface area contributed by atoms with Crippen molar-refractivity contribution in [2.24, 2.45) is 5.16 Å². The fourth-order valence-corrected chi connectivity index (χ4v) is 3.12. The van der Waals surface area contributed by atoms with Crippen molar-refractivity contribution in [3.63, 3.8) is 0 Å². The van der Waals surface area contributed by atoms with E-state index in [0.29, 0.717) is 5.56 Å². The summed E-state index contributed by atoms with van der Waals surface area (Å²) in [7, 11) is -4.07. The second kappa shape index (κ2) is 8.50. The Kier molecular flexibility index (Phi) is 6.36. The highest BCUT2D eigenvalue weighted by Crippen LogP contribution is 2.17. The quantitative estimate of drug-likeness (QED) is 0.550.